The second-order valence-electron chi connectivity index (χ2n) is 6.62. The molecule has 0 unspecified atom stereocenters. The van der Waals surface area contributed by atoms with Crippen molar-refractivity contribution in [3.8, 4) is 0 Å². The second kappa shape index (κ2) is 8.85. The third-order valence-electron chi connectivity index (χ3n) is 4.40. The molecule has 0 bridgehead atoms. The van der Waals surface area contributed by atoms with Crippen LogP contribution in [0.1, 0.15) is 32.9 Å². The van der Waals surface area contributed by atoms with Gasteiger partial charge in [0.05, 0.1) is 39.0 Å². The van der Waals surface area contributed by atoms with Gasteiger partial charge in [0.2, 0.25) is 5.78 Å². The summed E-state index contributed by atoms with van der Waals surface area (Å²) in [6.07, 6.45) is -2.24. The van der Waals surface area contributed by atoms with Crippen LogP contribution in [0.5, 0.6) is 0 Å². The number of aliphatic hydroxyl groups excluding tert-OH is 1. The Morgan fingerprint density at radius 1 is 1.19 bits per heavy atom. The zero-order chi connectivity index (χ0) is 23.7. The van der Waals surface area contributed by atoms with Crippen LogP contribution in [0.3, 0.4) is 0 Å². The molecule has 0 fully saturated rings. The van der Waals surface area contributed by atoms with Gasteiger partial charge in [-0.05, 0) is 42.8 Å². The van der Waals surface area contributed by atoms with Gasteiger partial charge in [-0.3, -0.25) is 14.5 Å². The number of sulfonamides is 1. The number of halogens is 4. The Bertz CT molecular complexity index is 1300. The Labute approximate surface area is 186 Å². The van der Waals surface area contributed by atoms with E-state index in [0.29, 0.717) is 11.6 Å². The van der Waals surface area contributed by atoms with Crippen LogP contribution in [0.2, 0.25) is 5.02 Å². The first-order valence-electron chi connectivity index (χ1n) is 8.89. The monoisotopic (exact) mass is 485 g/mol. The molecule has 7 nitrogen and oxygen atoms in total. The maximum atomic E-state index is 13.1. The summed E-state index contributed by atoms with van der Waals surface area (Å²) in [5.41, 5.74) is -1.33. The number of ketones is 1. The van der Waals surface area contributed by atoms with Crippen molar-refractivity contribution < 1.29 is 31.5 Å². The van der Waals surface area contributed by atoms with Crippen molar-refractivity contribution in [2.24, 2.45) is 0 Å². The zero-order valence-electron chi connectivity index (χ0n) is 16.3. The third-order valence-corrected chi connectivity index (χ3v) is 5.97. The molecular formula is C20H15ClF3N3O4S. The van der Waals surface area contributed by atoms with Crippen LogP contribution in [0.15, 0.2) is 53.7 Å². The lowest BCUT2D eigenvalue weighted by Gasteiger charge is -2.15. The zero-order valence-corrected chi connectivity index (χ0v) is 17.9. The molecule has 3 aromatic rings. The Morgan fingerprint density at radius 2 is 1.91 bits per heavy atom. The number of nitrogens with one attached hydrogen (secondary N) is 1. The predicted molar refractivity (Wildman–Crippen MR) is 110 cm³/mol. The Balaban J connectivity index is 2.08. The molecule has 0 saturated carbocycles. The number of benzene rings is 1. The minimum atomic E-state index is -4.75. The van der Waals surface area contributed by atoms with E-state index in [1.807, 2.05) is 0 Å². The van der Waals surface area contributed by atoms with E-state index in [-0.39, 0.29) is 27.7 Å². The topological polar surface area (TPSA) is 109 Å². The third kappa shape index (κ3) is 4.90. The lowest BCUT2D eigenvalue weighted by molar-refractivity contribution is -0.137. The summed E-state index contributed by atoms with van der Waals surface area (Å²) in [5.74, 6) is -0.752. The van der Waals surface area contributed by atoms with Crippen LogP contribution in [-0.2, 0) is 22.8 Å². The molecule has 0 spiro atoms. The molecule has 32 heavy (non-hydrogen) atoms. The van der Waals surface area contributed by atoms with Gasteiger partial charge in [0.1, 0.15) is 5.69 Å². The molecule has 2 aromatic heterocycles. The highest BCUT2D eigenvalue weighted by Crippen LogP contribution is 2.31. The van der Waals surface area contributed by atoms with E-state index in [0.717, 1.165) is 30.5 Å². The summed E-state index contributed by atoms with van der Waals surface area (Å²) in [6.45, 7) is 1.04. The van der Waals surface area contributed by atoms with E-state index < -0.39 is 39.0 Å². The molecule has 1 aromatic carbocycles. The molecular weight excluding hydrogens is 471 g/mol. The van der Waals surface area contributed by atoms with Crippen molar-refractivity contribution in [3.05, 3.63) is 81.9 Å². The van der Waals surface area contributed by atoms with Gasteiger partial charge in [0, 0.05) is 12.4 Å². The number of carbonyl (C=O) groups excluding carboxylic acids is 1. The minimum Gasteiger partial charge on any atom is -0.390 e. The Kier molecular flexibility index (Phi) is 6.54. The first-order chi connectivity index (χ1) is 14.9. The van der Waals surface area contributed by atoms with Crippen molar-refractivity contribution in [1.29, 1.82) is 0 Å². The number of alkyl halides is 3. The van der Waals surface area contributed by atoms with Gasteiger partial charge in [-0.2, -0.15) is 13.2 Å². The number of hydrogen-bond acceptors (Lipinski definition) is 6. The molecule has 0 saturated heterocycles. The number of rotatable bonds is 6. The summed E-state index contributed by atoms with van der Waals surface area (Å²) in [6, 6.07) is 5.76. The van der Waals surface area contributed by atoms with Crippen molar-refractivity contribution in [1.82, 2.24) is 9.97 Å². The smallest absolute Gasteiger partial charge is 0.390 e. The highest BCUT2D eigenvalue weighted by molar-refractivity contribution is 7.92. The molecule has 0 aliphatic rings. The van der Waals surface area contributed by atoms with Gasteiger partial charge < -0.3 is 5.11 Å². The number of carbonyl (C=O) groups is 1. The van der Waals surface area contributed by atoms with Gasteiger partial charge in [0.15, 0.2) is 0 Å². The molecule has 168 valence electrons. The van der Waals surface area contributed by atoms with Gasteiger partial charge in [-0.1, -0.05) is 17.7 Å². The quantitative estimate of drug-likeness (QED) is 0.511. The number of pyridine rings is 2. The number of hydrogen-bond donors (Lipinski definition) is 2. The largest absolute Gasteiger partial charge is 0.416 e. The van der Waals surface area contributed by atoms with Crippen molar-refractivity contribution in [2.45, 2.75) is 24.6 Å². The summed E-state index contributed by atoms with van der Waals surface area (Å²) in [7, 11) is -4.54. The molecule has 2 N–H and O–H groups in total. The average Bonchev–Trinajstić information content (AvgIpc) is 2.72. The lowest BCUT2D eigenvalue weighted by Crippen LogP contribution is -2.19. The van der Waals surface area contributed by atoms with E-state index in [1.54, 1.807) is 6.92 Å². The lowest BCUT2D eigenvalue weighted by atomic mass is 10.00. The highest BCUT2D eigenvalue weighted by Gasteiger charge is 2.32. The average molecular weight is 486 g/mol. The Hall–Kier alpha value is -3.02. The summed E-state index contributed by atoms with van der Waals surface area (Å²) < 4.78 is 66.6. The number of aryl methyl sites for hydroxylation is 1. The molecule has 0 aliphatic carbocycles. The van der Waals surface area contributed by atoms with Crippen LogP contribution in [0.4, 0.5) is 18.9 Å². The van der Waals surface area contributed by atoms with E-state index in [1.165, 1.54) is 12.3 Å². The Morgan fingerprint density at radius 3 is 2.56 bits per heavy atom. The van der Waals surface area contributed by atoms with Crippen LogP contribution >= 0.6 is 11.6 Å². The van der Waals surface area contributed by atoms with Crippen molar-refractivity contribution in [2.75, 3.05) is 4.72 Å². The van der Waals surface area contributed by atoms with Crippen LogP contribution in [-0.4, -0.2) is 29.3 Å². The van der Waals surface area contributed by atoms with Crippen molar-refractivity contribution >= 4 is 33.1 Å². The highest BCUT2D eigenvalue weighted by atomic mass is 35.5. The first kappa shape index (κ1) is 23.6. The van der Waals surface area contributed by atoms with Crippen LogP contribution in [0.25, 0.3) is 0 Å². The van der Waals surface area contributed by atoms with Crippen LogP contribution < -0.4 is 4.72 Å². The fourth-order valence-corrected chi connectivity index (χ4v) is 4.16. The number of anilines is 1. The number of aliphatic hydroxyl groups is 1. The number of aromatic nitrogens is 2. The summed E-state index contributed by atoms with van der Waals surface area (Å²) >= 11 is 5.91. The van der Waals surface area contributed by atoms with Gasteiger partial charge >= 0.3 is 6.18 Å². The van der Waals surface area contributed by atoms with Crippen LogP contribution in [0, 0.1) is 6.92 Å². The number of nitrogens with zero attached hydrogens (tertiary/aromatic N) is 2. The SMILES string of the molecule is Cc1ccnc(CO)c1C(=O)c1ncc(Cl)cc1NS(=O)(=O)c1cccc(C(F)(F)F)c1. The van der Waals surface area contributed by atoms with E-state index in [2.05, 4.69) is 14.7 Å². The van der Waals surface area contributed by atoms with Gasteiger partial charge in [-0.25, -0.2) is 13.4 Å². The maximum absolute atomic E-state index is 13.1. The van der Waals surface area contributed by atoms with Gasteiger partial charge in [0.25, 0.3) is 10.0 Å². The second-order valence-corrected chi connectivity index (χ2v) is 8.74. The normalized spacial score (nSPS) is 11.9. The van der Waals surface area contributed by atoms with Crippen molar-refractivity contribution in [3.63, 3.8) is 0 Å². The predicted octanol–water partition coefficient (Wildman–Crippen LogP) is 3.98. The first-order valence-corrected chi connectivity index (χ1v) is 10.8. The fraction of sp³-hybridized carbons (Fsp3) is 0.150. The molecule has 0 atom stereocenters. The molecule has 3 rings (SSSR count). The van der Waals surface area contributed by atoms with Gasteiger partial charge in [-0.15, -0.1) is 0 Å². The molecule has 0 amide bonds. The summed E-state index contributed by atoms with van der Waals surface area (Å²) in [5, 5.41) is 9.50. The molecule has 12 heteroatoms. The standard InChI is InChI=1S/C20H15ClF3N3O4S/c1-11-5-6-25-16(10-28)17(11)19(29)18-15(8-13(21)9-26-18)27-32(30,31)14-4-2-3-12(7-14)20(22,23)24/h2-9,27-28H,10H2,1H3. The van der Waals surface area contributed by atoms with E-state index in [9.17, 15) is 31.5 Å². The summed E-state index contributed by atoms with van der Waals surface area (Å²) in [4.78, 5) is 20.3. The minimum absolute atomic E-state index is 0.0179. The maximum Gasteiger partial charge on any atom is 0.416 e. The van der Waals surface area contributed by atoms with E-state index >= 15 is 0 Å². The van der Waals surface area contributed by atoms with E-state index in [4.69, 9.17) is 11.6 Å². The molecule has 2 heterocycles. The fourth-order valence-electron chi connectivity index (χ4n) is 2.90. The molecule has 0 aliphatic heterocycles. The molecule has 0 radical (unpaired) electrons.